The minimum atomic E-state index is -2.30. The quantitative estimate of drug-likeness (QED) is 0.187. The van der Waals surface area contributed by atoms with Crippen LogP contribution in [0.4, 0.5) is 5.69 Å². The van der Waals surface area contributed by atoms with E-state index in [1.165, 1.54) is 7.11 Å². The van der Waals surface area contributed by atoms with Gasteiger partial charge in [0, 0.05) is 84.0 Å². The van der Waals surface area contributed by atoms with Crippen molar-refractivity contribution in [3.63, 3.8) is 0 Å². The van der Waals surface area contributed by atoms with Crippen LogP contribution in [-0.4, -0.2) is 125 Å². The fourth-order valence-electron chi connectivity index (χ4n) is 13.1. The Morgan fingerprint density at radius 1 is 1.04 bits per heavy atom. The number of ether oxygens (including phenoxy) is 2. The van der Waals surface area contributed by atoms with Crippen LogP contribution in [0.15, 0.2) is 48.6 Å². The molecule has 10 atom stereocenters. The highest BCUT2D eigenvalue weighted by Gasteiger charge is 2.78. The molecule has 6 N–H and O–H groups in total. The van der Waals surface area contributed by atoms with Crippen molar-refractivity contribution in [3.8, 4) is 5.75 Å². The van der Waals surface area contributed by atoms with Gasteiger partial charge in [-0.3, -0.25) is 19.4 Å². The van der Waals surface area contributed by atoms with Gasteiger partial charge in [-0.25, -0.2) is 0 Å². The molecule has 2 saturated heterocycles. The predicted molar refractivity (Wildman–Crippen MR) is 208 cm³/mol. The van der Waals surface area contributed by atoms with E-state index < -0.39 is 51.5 Å². The number of hydrogen-bond acceptors (Lipinski definition) is 10. The summed E-state index contributed by atoms with van der Waals surface area (Å²) in [5, 5.41) is 38.0. The van der Waals surface area contributed by atoms with Gasteiger partial charge in [0.1, 0.15) is 17.3 Å². The molecule has 1 amide bonds. The molecule has 3 fully saturated rings. The molecule has 1 aromatic heterocycles. The lowest BCUT2D eigenvalue weighted by molar-refractivity contribution is -0.201. The van der Waals surface area contributed by atoms with Gasteiger partial charge in [0.25, 0.3) is 5.91 Å². The summed E-state index contributed by atoms with van der Waals surface area (Å²) in [4.78, 5) is 39.3. The third kappa shape index (κ3) is 4.51. The van der Waals surface area contributed by atoms with E-state index in [1.54, 1.807) is 7.11 Å². The van der Waals surface area contributed by atoms with E-state index in [1.807, 2.05) is 62.2 Å². The number of piperidine rings is 1. The number of hydrogen-bond donors (Lipinski definition) is 5. The second-order valence-corrected chi connectivity index (χ2v) is 17.5. The number of carbonyl (C=O) groups excluding carboxylic acids is 2. The molecule has 5 aliphatic heterocycles. The van der Waals surface area contributed by atoms with Crippen molar-refractivity contribution in [2.24, 2.45) is 17.1 Å². The Hall–Kier alpha value is -3.94. The van der Waals surface area contributed by atoms with E-state index in [9.17, 15) is 20.1 Å². The summed E-state index contributed by atoms with van der Waals surface area (Å²) in [7, 11) is 4.89. The van der Waals surface area contributed by atoms with Gasteiger partial charge in [-0.05, 0) is 74.2 Å². The van der Waals surface area contributed by atoms with Gasteiger partial charge in [0.2, 0.25) is 0 Å². The molecule has 55 heavy (non-hydrogen) atoms. The van der Waals surface area contributed by atoms with Crippen LogP contribution in [0.2, 0.25) is 0 Å². The number of rotatable bonds is 6. The van der Waals surface area contributed by atoms with Gasteiger partial charge in [-0.2, -0.15) is 0 Å². The average molecular weight is 754 g/mol. The first-order valence-corrected chi connectivity index (χ1v) is 20.0. The zero-order valence-corrected chi connectivity index (χ0v) is 32.6. The SMILES string of the molecule is CC[C@]1(O)C[C@H]2CN(CCc3c([nH]c4ccccc34)[C@](C(=O)OC)(c3cc4c(cc3OC)N(C)[C@@H]3[C@](O)(C(N)=O)[C@H](O)[C@]5(CC)C=CCN6CC[C@]43[C@H]65)C2)C1. The molecule has 6 aliphatic rings. The summed E-state index contributed by atoms with van der Waals surface area (Å²) in [6, 6.07) is 11.0. The number of esters is 1. The number of aromatic nitrogens is 1. The Bertz CT molecular complexity index is 2120. The number of methoxy groups -OCH3 is 2. The van der Waals surface area contributed by atoms with Crippen molar-refractivity contribution in [2.75, 3.05) is 58.9 Å². The molecule has 1 saturated carbocycles. The molecule has 294 valence electrons. The Balaban J connectivity index is 1.36. The van der Waals surface area contributed by atoms with Crippen molar-refractivity contribution in [1.82, 2.24) is 14.8 Å². The Labute approximate surface area is 322 Å². The summed E-state index contributed by atoms with van der Waals surface area (Å²) < 4.78 is 12.2. The number of aliphatic hydroxyl groups excluding tert-OH is 1. The number of nitrogens with two attached hydrogens (primary N) is 1. The maximum atomic E-state index is 15.2. The third-order valence-electron chi connectivity index (χ3n) is 15.2. The second kappa shape index (κ2) is 12.3. The van der Waals surface area contributed by atoms with Crippen LogP contribution in [0.25, 0.3) is 10.9 Å². The maximum Gasteiger partial charge on any atom is 0.322 e. The highest BCUT2D eigenvalue weighted by Crippen LogP contribution is 2.67. The molecule has 9 rings (SSSR count). The van der Waals surface area contributed by atoms with Crippen LogP contribution in [0.1, 0.15) is 68.3 Å². The van der Waals surface area contributed by atoms with E-state index in [-0.39, 0.29) is 12.0 Å². The zero-order chi connectivity index (χ0) is 38.9. The lowest BCUT2D eigenvalue weighted by atomic mass is 9.47. The number of benzene rings is 2. The minimum Gasteiger partial charge on any atom is -0.496 e. The lowest BCUT2D eigenvalue weighted by Crippen LogP contribution is -2.81. The van der Waals surface area contributed by atoms with Crippen LogP contribution < -0.4 is 15.4 Å². The van der Waals surface area contributed by atoms with Crippen molar-refractivity contribution in [2.45, 2.75) is 92.6 Å². The number of aromatic amines is 1. The van der Waals surface area contributed by atoms with Crippen LogP contribution in [-0.2, 0) is 31.6 Å². The second-order valence-electron chi connectivity index (χ2n) is 17.5. The summed E-state index contributed by atoms with van der Waals surface area (Å²) in [6.45, 7) is 7.39. The maximum absolute atomic E-state index is 15.2. The summed E-state index contributed by atoms with van der Waals surface area (Å²) in [6.07, 6.45) is 5.78. The van der Waals surface area contributed by atoms with Crippen LogP contribution in [0, 0.1) is 11.3 Å². The summed E-state index contributed by atoms with van der Waals surface area (Å²) in [5.74, 6) is -1.00. The first kappa shape index (κ1) is 36.7. The topological polar surface area (TPSA) is 165 Å². The lowest BCUT2D eigenvalue weighted by Gasteiger charge is -2.63. The number of nitrogens with one attached hydrogen (secondary N) is 1. The summed E-state index contributed by atoms with van der Waals surface area (Å²) >= 11 is 0. The largest absolute Gasteiger partial charge is 0.496 e. The van der Waals surface area contributed by atoms with Crippen molar-refractivity contribution < 1.29 is 34.4 Å². The predicted octanol–water partition coefficient (Wildman–Crippen LogP) is 2.73. The Kier molecular flexibility index (Phi) is 8.19. The molecule has 2 aromatic carbocycles. The Morgan fingerprint density at radius 3 is 2.53 bits per heavy atom. The van der Waals surface area contributed by atoms with Crippen LogP contribution in [0.5, 0.6) is 5.75 Å². The van der Waals surface area contributed by atoms with Gasteiger partial charge in [0.15, 0.2) is 5.60 Å². The number of H-pyrrole nitrogens is 1. The number of amides is 1. The highest BCUT2D eigenvalue weighted by atomic mass is 16.5. The molecule has 1 spiro atoms. The average Bonchev–Trinajstić information content (AvgIpc) is 3.84. The molecular weight excluding hydrogens is 699 g/mol. The number of para-hydroxylation sites is 1. The first-order valence-electron chi connectivity index (χ1n) is 20.0. The number of primary amides is 1. The van der Waals surface area contributed by atoms with E-state index in [2.05, 4.69) is 26.9 Å². The van der Waals surface area contributed by atoms with Gasteiger partial charge < -0.3 is 40.4 Å². The van der Waals surface area contributed by atoms with Crippen molar-refractivity contribution in [3.05, 3.63) is 70.9 Å². The fraction of sp³-hybridized carbons (Fsp3) is 0.581. The van der Waals surface area contributed by atoms with Crippen molar-refractivity contribution in [1.29, 1.82) is 0 Å². The molecule has 1 unspecified atom stereocenters. The van der Waals surface area contributed by atoms with Gasteiger partial charge in [-0.1, -0.05) is 44.2 Å². The Morgan fingerprint density at radius 2 is 1.82 bits per heavy atom. The number of fused-ring (bicyclic) bond motifs is 6. The monoisotopic (exact) mass is 753 g/mol. The number of aliphatic hydroxyl groups is 3. The van der Waals surface area contributed by atoms with E-state index in [0.29, 0.717) is 69.5 Å². The van der Waals surface area contributed by atoms with Crippen LogP contribution >= 0.6 is 0 Å². The first-order chi connectivity index (χ1) is 26.3. The van der Waals surface area contributed by atoms with Crippen molar-refractivity contribution >= 4 is 28.5 Å². The number of carbonyl (C=O) groups is 2. The number of likely N-dealkylation sites (N-methyl/N-ethyl adjacent to an activating group) is 1. The molecule has 6 heterocycles. The standard InChI is InChI=1S/C43H55N5O7/c1-6-39(52)21-25-22-42(38(51)55-5,33-27(13-17-47(23-25)24-39)26-11-8-9-12-30(26)45-33)29-19-28-31(20-32(29)54-4)46(3)35-41(28)15-18-48-16-10-14-40(7-2,34(41)48)36(49)43(35,53)37(44)50/h8-12,14,19-20,25,34-36,45,49,52-53H,6-7,13,15-18,21-24H2,1-5H3,(H2,44,50)/t25-,34-,35+,36-,39+,40-,41-,42-,43-/m1/s1. The zero-order valence-electron chi connectivity index (χ0n) is 32.6. The minimum absolute atomic E-state index is 0.0790. The molecule has 1 aliphatic carbocycles. The molecule has 0 radical (unpaired) electrons. The number of nitrogens with zero attached hydrogens (tertiary/aromatic N) is 3. The highest BCUT2D eigenvalue weighted by molar-refractivity contribution is 5.95. The van der Waals surface area contributed by atoms with Gasteiger partial charge in [-0.15, -0.1) is 0 Å². The molecular formula is C43H55N5O7. The summed E-state index contributed by atoms with van der Waals surface area (Å²) in [5.41, 5.74) is 4.72. The third-order valence-corrected chi connectivity index (χ3v) is 15.2. The van der Waals surface area contributed by atoms with Gasteiger partial charge in [0.05, 0.1) is 25.9 Å². The smallest absolute Gasteiger partial charge is 0.322 e. The van der Waals surface area contributed by atoms with E-state index in [0.717, 1.165) is 46.5 Å². The number of anilines is 1. The molecule has 12 nitrogen and oxygen atoms in total. The molecule has 2 bridgehead atoms. The normalized spacial score (nSPS) is 39.0. The fourth-order valence-corrected chi connectivity index (χ4v) is 13.1. The van der Waals surface area contributed by atoms with Gasteiger partial charge >= 0.3 is 5.97 Å². The molecule has 3 aromatic rings. The molecule has 12 heteroatoms. The van der Waals surface area contributed by atoms with E-state index in [4.69, 9.17) is 15.2 Å². The van der Waals surface area contributed by atoms with E-state index >= 15 is 4.79 Å². The van der Waals surface area contributed by atoms with Crippen LogP contribution in [0.3, 0.4) is 0 Å².